The summed E-state index contributed by atoms with van der Waals surface area (Å²) in [6.07, 6.45) is 11.2. The molecule has 0 amide bonds. The molecule has 7 atom stereocenters. The number of Topliss-reactive ketones (excluding diaryl/α,β-unsaturated/α-hetero) is 1. The van der Waals surface area contributed by atoms with Gasteiger partial charge >= 0.3 is 0 Å². The Morgan fingerprint density at radius 2 is 1.73 bits per heavy atom. The lowest BCUT2D eigenvalue weighted by Gasteiger charge is -2.59. The van der Waals surface area contributed by atoms with E-state index in [2.05, 4.69) is 33.8 Å². The lowest BCUT2D eigenvalue weighted by molar-refractivity contribution is -0.133. The van der Waals surface area contributed by atoms with E-state index in [-0.39, 0.29) is 5.41 Å². The highest BCUT2D eigenvalue weighted by molar-refractivity contribution is 5.87. The fraction of sp³-hybridized carbons (Fsp3) is 0.857. The molecule has 1 nitrogen and oxygen atoms in total. The van der Waals surface area contributed by atoms with Gasteiger partial charge in [0, 0.05) is 11.8 Å². The maximum atomic E-state index is 12.5. The summed E-state index contributed by atoms with van der Waals surface area (Å²) in [5, 5.41) is 0. The zero-order valence-electron chi connectivity index (χ0n) is 14.8. The molecular formula is C21H32O. The van der Waals surface area contributed by atoms with Crippen LogP contribution in [0.2, 0.25) is 0 Å². The highest BCUT2D eigenvalue weighted by Gasteiger charge is 2.59. The lowest BCUT2D eigenvalue weighted by Crippen LogP contribution is -2.52. The molecule has 22 heavy (non-hydrogen) atoms. The van der Waals surface area contributed by atoms with Crippen LogP contribution < -0.4 is 0 Å². The Balaban J connectivity index is 1.75. The number of hydrogen-bond acceptors (Lipinski definition) is 1. The number of carbonyl (C=O) groups is 1. The molecule has 0 aliphatic heterocycles. The van der Waals surface area contributed by atoms with Crippen molar-refractivity contribution in [1.82, 2.24) is 0 Å². The van der Waals surface area contributed by atoms with Gasteiger partial charge in [-0.25, -0.2) is 0 Å². The number of ketones is 1. The van der Waals surface area contributed by atoms with Crippen LogP contribution in [0.3, 0.4) is 0 Å². The zero-order chi connectivity index (χ0) is 15.7. The minimum absolute atomic E-state index is 0.0113. The molecule has 0 N–H and O–H groups in total. The summed E-state index contributed by atoms with van der Waals surface area (Å²) in [6.45, 7) is 9.75. The van der Waals surface area contributed by atoms with Gasteiger partial charge in [-0.15, -0.1) is 0 Å². The van der Waals surface area contributed by atoms with Gasteiger partial charge in [0.25, 0.3) is 0 Å². The molecule has 3 saturated carbocycles. The van der Waals surface area contributed by atoms with Crippen LogP contribution in [-0.2, 0) is 4.79 Å². The average molecular weight is 300 g/mol. The maximum Gasteiger partial charge on any atom is 0.139 e. The molecule has 0 radical (unpaired) electrons. The van der Waals surface area contributed by atoms with E-state index in [0.29, 0.717) is 23.0 Å². The van der Waals surface area contributed by atoms with Gasteiger partial charge < -0.3 is 0 Å². The van der Waals surface area contributed by atoms with E-state index in [4.69, 9.17) is 0 Å². The maximum absolute atomic E-state index is 12.5. The van der Waals surface area contributed by atoms with E-state index in [1.54, 1.807) is 5.57 Å². The second kappa shape index (κ2) is 4.71. The molecule has 1 heteroatoms. The highest BCUT2D eigenvalue weighted by Crippen LogP contribution is 2.65. The Labute approximate surface area is 135 Å². The predicted molar refractivity (Wildman–Crippen MR) is 90.4 cm³/mol. The summed E-state index contributed by atoms with van der Waals surface area (Å²) in [5.41, 5.74) is 2.21. The Morgan fingerprint density at radius 1 is 1.00 bits per heavy atom. The number of allylic oxidation sites excluding steroid dienone is 2. The van der Waals surface area contributed by atoms with Crippen molar-refractivity contribution in [3.8, 4) is 0 Å². The first-order valence-electron chi connectivity index (χ1n) is 9.61. The molecule has 4 aliphatic rings. The van der Waals surface area contributed by atoms with Crippen molar-refractivity contribution < 1.29 is 4.79 Å². The summed E-state index contributed by atoms with van der Waals surface area (Å²) < 4.78 is 0. The first-order valence-corrected chi connectivity index (χ1v) is 9.61. The van der Waals surface area contributed by atoms with Crippen LogP contribution in [0.25, 0.3) is 0 Å². The van der Waals surface area contributed by atoms with Crippen LogP contribution in [0, 0.1) is 40.4 Å². The summed E-state index contributed by atoms with van der Waals surface area (Å²) in [7, 11) is 0. The van der Waals surface area contributed by atoms with Crippen molar-refractivity contribution in [2.24, 2.45) is 40.4 Å². The van der Waals surface area contributed by atoms with Crippen molar-refractivity contribution in [3.05, 3.63) is 11.6 Å². The van der Waals surface area contributed by atoms with E-state index in [1.807, 2.05) is 0 Å². The third kappa shape index (κ3) is 1.80. The Morgan fingerprint density at radius 3 is 2.50 bits per heavy atom. The number of fused-ring (bicyclic) bond motifs is 5. The standard InChI is InChI=1S/C21H32O/c1-13-5-6-15-11-14(2)19-16-7-8-18(22)20(16,3)10-9-17(19)21(15,4)12-13/h11,13-14,16-17,19H,5-10,12H2,1-4H3/t13-,14-,16-,17-,19-,20-,21-/m0/s1. The zero-order valence-corrected chi connectivity index (χ0v) is 14.8. The molecule has 0 saturated heterocycles. The molecule has 0 heterocycles. The molecule has 3 fully saturated rings. The molecular weight excluding hydrogens is 268 g/mol. The fourth-order valence-corrected chi connectivity index (χ4v) is 7.18. The molecule has 0 unspecified atom stereocenters. The van der Waals surface area contributed by atoms with Gasteiger partial charge in [0.2, 0.25) is 0 Å². The smallest absolute Gasteiger partial charge is 0.139 e. The minimum Gasteiger partial charge on any atom is -0.299 e. The summed E-state index contributed by atoms with van der Waals surface area (Å²) in [5.74, 6) is 4.35. The molecule has 4 rings (SSSR count). The van der Waals surface area contributed by atoms with Gasteiger partial charge in [-0.05, 0) is 73.5 Å². The molecule has 0 bridgehead atoms. The third-order valence-corrected chi connectivity index (χ3v) is 8.34. The van der Waals surface area contributed by atoms with Crippen molar-refractivity contribution >= 4 is 5.78 Å². The van der Waals surface area contributed by atoms with Crippen LogP contribution in [0.4, 0.5) is 0 Å². The SMILES string of the molecule is C[C@H]1CCC2=C[C@H](C)[C@@H]3[C@H](CC[C@]4(C)C(=O)CC[C@@H]34)[C@@]2(C)C1. The number of rotatable bonds is 0. The van der Waals surface area contributed by atoms with Crippen LogP contribution in [0.1, 0.15) is 72.6 Å². The Kier molecular flexibility index (Phi) is 3.20. The Hall–Kier alpha value is -0.590. The number of hydrogen-bond donors (Lipinski definition) is 0. The van der Waals surface area contributed by atoms with Gasteiger partial charge in [-0.3, -0.25) is 4.79 Å². The van der Waals surface area contributed by atoms with E-state index in [0.717, 1.165) is 37.0 Å². The van der Waals surface area contributed by atoms with Gasteiger partial charge in [0.15, 0.2) is 0 Å². The van der Waals surface area contributed by atoms with E-state index >= 15 is 0 Å². The summed E-state index contributed by atoms with van der Waals surface area (Å²) >= 11 is 0. The highest BCUT2D eigenvalue weighted by atomic mass is 16.1. The van der Waals surface area contributed by atoms with E-state index < -0.39 is 0 Å². The summed E-state index contributed by atoms with van der Waals surface area (Å²) in [6, 6.07) is 0. The van der Waals surface area contributed by atoms with Crippen LogP contribution in [0.15, 0.2) is 11.6 Å². The molecule has 0 aromatic rings. The molecule has 0 aromatic carbocycles. The van der Waals surface area contributed by atoms with Crippen molar-refractivity contribution in [3.63, 3.8) is 0 Å². The van der Waals surface area contributed by atoms with E-state index in [9.17, 15) is 4.79 Å². The van der Waals surface area contributed by atoms with Crippen LogP contribution >= 0.6 is 0 Å². The molecule has 122 valence electrons. The number of carbonyl (C=O) groups excluding carboxylic acids is 1. The first kappa shape index (κ1) is 15.0. The van der Waals surface area contributed by atoms with E-state index in [1.165, 1.54) is 25.7 Å². The topological polar surface area (TPSA) is 17.1 Å². The molecule has 0 spiro atoms. The monoisotopic (exact) mass is 300 g/mol. The van der Waals surface area contributed by atoms with Gasteiger partial charge in [-0.2, -0.15) is 0 Å². The van der Waals surface area contributed by atoms with Gasteiger partial charge in [-0.1, -0.05) is 39.3 Å². The van der Waals surface area contributed by atoms with Gasteiger partial charge in [0.1, 0.15) is 5.78 Å². The summed E-state index contributed by atoms with van der Waals surface area (Å²) in [4.78, 5) is 12.5. The second-order valence-corrected chi connectivity index (χ2v) is 9.52. The van der Waals surface area contributed by atoms with Crippen molar-refractivity contribution in [2.45, 2.75) is 72.6 Å². The molecule has 0 aromatic heterocycles. The Bertz CT molecular complexity index is 532. The van der Waals surface area contributed by atoms with Crippen LogP contribution in [0.5, 0.6) is 0 Å². The van der Waals surface area contributed by atoms with Crippen molar-refractivity contribution in [2.75, 3.05) is 0 Å². The average Bonchev–Trinajstić information content (AvgIpc) is 2.76. The third-order valence-electron chi connectivity index (χ3n) is 8.34. The minimum atomic E-state index is 0.0113. The largest absolute Gasteiger partial charge is 0.299 e. The fourth-order valence-electron chi connectivity index (χ4n) is 7.18. The first-order chi connectivity index (χ1) is 10.4. The quantitative estimate of drug-likeness (QED) is 0.547. The van der Waals surface area contributed by atoms with Crippen molar-refractivity contribution in [1.29, 1.82) is 0 Å². The van der Waals surface area contributed by atoms with Crippen LogP contribution in [-0.4, -0.2) is 5.78 Å². The molecule has 4 aliphatic carbocycles. The normalized spacial score (nSPS) is 54.3. The lowest BCUT2D eigenvalue weighted by atomic mass is 9.45. The predicted octanol–water partition coefficient (Wildman–Crippen LogP) is 5.40. The second-order valence-electron chi connectivity index (χ2n) is 9.52. The van der Waals surface area contributed by atoms with Gasteiger partial charge in [0.05, 0.1) is 0 Å².